The molecule has 0 bridgehead atoms. The lowest BCUT2D eigenvalue weighted by Gasteiger charge is -2.13. The molecule has 4 aromatic carbocycles. The number of nitrogens with one attached hydrogen (secondary N) is 2. The molecule has 0 aromatic heterocycles. The number of fused-ring (bicyclic) bond motifs is 1. The second kappa shape index (κ2) is 9.90. The lowest BCUT2D eigenvalue weighted by atomic mass is 10.1. The van der Waals surface area contributed by atoms with Crippen LogP contribution in [0.2, 0.25) is 5.02 Å². The molecule has 0 aliphatic carbocycles. The van der Waals surface area contributed by atoms with Crippen molar-refractivity contribution in [3.8, 4) is 0 Å². The van der Waals surface area contributed by atoms with E-state index in [0.717, 1.165) is 15.7 Å². The van der Waals surface area contributed by atoms with E-state index in [0.29, 0.717) is 22.0 Å². The molecule has 2 amide bonds. The van der Waals surface area contributed by atoms with Crippen LogP contribution in [-0.2, 0) is 4.79 Å². The summed E-state index contributed by atoms with van der Waals surface area (Å²) in [6.45, 7) is 1.85. The summed E-state index contributed by atoms with van der Waals surface area (Å²) >= 11 is 7.33. The summed E-state index contributed by atoms with van der Waals surface area (Å²) in [6.07, 6.45) is 0. The molecular formula is C26H21ClN2O2S. The third kappa shape index (κ3) is 5.49. The molecule has 32 heavy (non-hydrogen) atoms. The Morgan fingerprint density at radius 1 is 0.781 bits per heavy atom. The molecule has 0 radical (unpaired) electrons. The van der Waals surface area contributed by atoms with Gasteiger partial charge in [-0.15, -0.1) is 11.8 Å². The highest BCUT2D eigenvalue weighted by atomic mass is 35.5. The minimum Gasteiger partial charge on any atom is -0.325 e. The zero-order chi connectivity index (χ0) is 22.5. The lowest BCUT2D eigenvalue weighted by molar-refractivity contribution is -0.115. The number of carbonyl (C=O) groups excluding carboxylic acids is 2. The summed E-state index contributed by atoms with van der Waals surface area (Å²) in [5.41, 5.74) is 2.01. The van der Waals surface area contributed by atoms with Crippen LogP contribution in [0, 0.1) is 0 Å². The zero-order valence-electron chi connectivity index (χ0n) is 17.3. The van der Waals surface area contributed by atoms with Crippen molar-refractivity contribution < 1.29 is 9.59 Å². The molecule has 4 rings (SSSR count). The van der Waals surface area contributed by atoms with Gasteiger partial charge in [-0.25, -0.2) is 0 Å². The van der Waals surface area contributed by atoms with Crippen molar-refractivity contribution in [2.75, 3.05) is 10.6 Å². The van der Waals surface area contributed by atoms with E-state index >= 15 is 0 Å². The topological polar surface area (TPSA) is 58.2 Å². The number of hydrogen-bond donors (Lipinski definition) is 2. The number of benzene rings is 4. The highest BCUT2D eigenvalue weighted by Crippen LogP contribution is 2.26. The van der Waals surface area contributed by atoms with Gasteiger partial charge in [-0.3, -0.25) is 9.59 Å². The van der Waals surface area contributed by atoms with Crippen LogP contribution in [0.25, 0.3) is 10.8 Å². The monoisotopic (exact) mass is 460 g/mol. The first-order chi connectivity index (χ1) is 15.5. The summed E-state index contributed by atoms with van der Waals surface area (Å²) in [7, 11) is 0. The van der Waals surface area contributed by atoms with Gasteiger partial charge in [0, 0.05) is 26.9 Å². The van der Waals surface area contributed by atoms with Gasteiger partial charge in [0.2, 0.25) is 5.91 Å². The van der Waals surface area contributed by atoms with Crippen molar-refractivity contribution >= 4 is 57.3 Å². The number of carbonyl (C=O) groups is 2. The first-order valence-electron chi connectivity index (χ1n) is 10.1. The average Bonchev–Trinajstić information content (AvgIpc) is 2.81. The predicted molar refractivity (Wildman–Crippen MR) is 134 cm³/mol. The second-order valence-corrected chi connectivity index (χ2v) is 9.15. The van der Waals surface area contributed by atoms with Crippen LogP contribution in [-0.4, -0.2) is 17.1 Å². The molecule has 4 nitrogen and oxygen atoms in total. The van der Waals surface area contributed by atoms with E-state index in [2.05, 4.69) is 10.6 Å². The van der Waals surface area contributed by atoms with Gasteiger partial charge >= 0.3 is 0 Å². The fourth-order valence-corrected chi connectivity index (χ4v) is 4.18. The van der Waals surface area contributed by atoms with Crippen LogP contribution in [0.3, 0.4) is 0 Å². The quantitative estimate of drug-likeness (QED) is 0.309. The second-order valence-electron chi connectivity index (χ2n) is 7.30. The molecule has 0 aliphatic rings. The van der Waals surface area contributed by atoms with Gasteiger partial charge in [-0.2, -0.15) is 0 Å². The maximum Gasteiger partial charge on any atom is 0.255 e. The van der Waals surface area contributed by atoms with Crippen LogP contribution < -0.4 is 10.6 Å². The van der Waals surface area contributed by atoms with Crippen molar-refractivity contribution in [3.05, 3.63) is 102 Å². The Morgan fingerprint density at radius 2 is 1.41 bits per heavy atom. The normalized spacial score (nSPS) is 11.7. The minimum absolute atomic E-state index is 0.0917. The van der Waals surface area contributed by atoms with Crippen molar-refractivity contribution in [2.45, 2.75) is 17.1 Å². The Morgan fingerprint density at radius 3 is 2.12 bits per heavy atom. The predicted octanol–water partition coefficient (Wildman–Crippen LogP) is 6.86. The van der Waals surface area contributed by atoms with Gasteiger partial charge in [0.05, 0.1) is 5.25 Å². The molecule has 1 atom stereocenters. The Balaban J connectivity index is 1.35. The fraction of sp³-hybridized carbons (Fsp3) is 0.0769. The Labute approximate surface area is 196 Å². The van der Waals surface area contributed by atoms with Crippen molar-refractivity contribution in [1.29, 1.82) is 0 Å². The van der Waals surface area contributed by atoms with Gasteiger partial charge < -0.3 is 10.6 Å². The summed E-state index contributed by atoms with van der Waals surface area (Å²) in [5, 5.41) is 8.26. The molecule has 0 heterocycles. The fourth-order valence-electron chi connectivity index (χ4n) is 3.19. The highest BCUT2D eigenvalue weighted by molar-refractivity contribution is 8.00. The van der Waals surface area contributed by atoms with Gasteiger partial charge in [-0.05, 0) is 78.4 Å². The average molecular weight is 461 g/mol. The maximum atomic E-state index is 12.6. The van der Waals surface area contributed by atoms with E-state index in [-0.39, 0.29) is 17.1 Å². The van der Waals surface area contributed by atoms with Crippen LogP contribution in [0.5, 0.6) is 0 Å². The van der Waals surface area contributed by atoms with Gasteiger partial charge in [0.1, 0.15) is 0 Å². The molecule has 0 fully saturated rings. The molecule has 0 saturated carbocycles. The first kappa shape index (κ1) is 21.9. The van der Waals surface area contributed by atoms with E-state index in [9.17, 15) is 9.59 Å². The molecule has 2 N–H and O–H groups in total. The smallest absolute Gasteiger partial charge is 0.255 e. The summed E-state index contributed by atoms with van der Waals surface area (Å²) < 4.78 is 0. The number of thioether (sulfide) groups is 1. The van der Waals surface area contributed by atoms with Crippen molar-refractivity contribution in [3.63, 3.8) is 0 Å². The Hall–Kier alpha value is -3.28. The summed E-state index contributed by atoms with van der Waals surface area (Å²) in [6, 6.07) is 28.1. The van der Waals surface area contributed by atoms with Gasteiger partial charge in [0.15, 0.2) is 0 Å². The summed E-state index contributed by atoms with van der Waals surface area (Å²) in [5.74, 6) is -0.252. The SMILES string of the molecule is CC(Sc1ccc(NC(=O)c2ccc3ccccc3c2)cc1)C(=O)Nc1ccc(Cl)cc1. The van der Waals surface area contributed by atoms with E-state index in [1.807, 2.05) is 73.7 Å². The molecule has 1 unspecified atom stereocenters. The third-order valence-corrected chi connectivity index (χ3v) is 6.28. The number of hydrogen-bond acceptors (Lipinski definition) is 3. The number of anilines is 2. The zero-order valence-corrected chi connectivity index (χ0v) is 18.9. The van der Waals surface area contributed by atoms with Crippen molar-refractivity contribution in [1.82, 2.24) is 0 Å². The molecule has 6 heteroatoms. The van der Waals surface area contributed by atoms with Crippen LogP contribution >= 0.6 is 23.4 Å². The van der Waals surface area contributed by atoms with Crippen LogP contribution in [0.4, 0.5) is 11.4 Å². The number of rotatable bonds is 6. The standard InChI is InChI=1S/C26H21ClN2O2S/c1-17(25(30)28-22-10-8-21(27)9-11-22)32-24-14-12-23(13-15-24)29-26(31)20-7-6-18-4-2-3-5-19(18)16-20/h2-17H,1H3,(H,28,30)(H,29,31). The minimum atomic E-state index is -0.288. The van der Waals surface area contributed by atoms with Gasteiger partial charge in [-0.1, -0.05) is 41.9 Å². The van der Waals surface area contributed by atoms with E-state index in [1.54, 1.807) is 24.3 Å². The van der Waals surface area contributed by atoms with Crippen LogP contribution in [0.1, 0.15) is 17.3 Å². The van der Waals surface area contributed by atoms with Crippen molar-refractivity contribution in [2.24, 2.45) is 0 Å². The molecule has 4 aromatic rings. The molecule has 0 aliphatic heterocycles. The summed E-state index contributed by atoms with van der Waals surface area (Å²) in [4.78, 5) is 26.0. The largest absolute Gasteiger partial charge is 0.325 e. The highest BCUT2D eigenvalue weighted by Gasteiger charge is 2.15. The first-order valence-corrected chi connectivity index (χ1v) is 11.4. The molecular weight excluding hydrogens is 440 g/mol. The van der Waals surface area contributed by atoms with E-state index in [4.69, 9.17) is 11.6 Å². The number of amides is 2. The Bertz CT molecular complexity index is 1260. The molecule has 160 valence electrons. The van der Waals surface area contributed by atoms with Crippen LogP contribution in [0.15, 0.2) is 95.9 Å². The molecule has 0 spiro atoms. The maximum absolute atomic E-state index is 12.6. The lowest BCUT2D eigenvalue weighted by Crippen LogP contribution is -2.22. The number of halogens is 1. The van der Waals surface area contributed by atoms with E-state index < -0.39 is 0 Å². The molecule has 0 saturated heterocycles. The Kier molecular flexibility index (Phi) is 6.78. The van der Waals surface area contributed by atoms with Gasteiger partial charge in [0.25, 0.3) is 5.91 Å². The van der Waals surface area contributed by atoms with E-state index in [1.165, 1.54) is 11.8 Å². The third-order valence-electron chi connectivity index (χ3n) is 4.92.